The van der Waals surface area contributed by atoms with Crippen LogP contribution < -0.4 is 4.31 Å². The van der Waals surface area contributed by atoms with Gasteiger partial charge in [-0.1, -0.05) is 30.4 Å². The number of para-hydroxylation sites is 1. The van der Waals surface area contributed by atoms with Crippen molar-refractivity contribution in [3.63, 3.8) is 0 Å². The molecule has 150 valence electrons. The molecule has 0 aliphatic heterocycles. The Balaban J connectivity index is 2.07. The minimum atomic E-state index is -4.18. The molecule has 0 bridgehead atoms. The van der Waals surface area contributed by atoms with Crippen LogP contribution in [0.1, 0.15) is 16.7 Å². The van der Waals surface area contributed by atoms with E-state index < -0.39 is 22.5 Å². The number of pyridine rings is 1. The van der Waals surface area contributed by atoms with Gasteiger partial charge in [-0.3, -0.25) is 14.1 Å². The molecule has 0 aliphatic carbocycles. The molecule has 30 heavy (non-hydrogen) atoms. The van der Waals surface area contributed by atoms with E-state index in [4.69, 9.17) is 5.26 Å². The zero-order valence-electron chi connectivity index (χ0n) is 15.7. The van der Waals surface area contributed by atoms with Crippen LogP contribution in [0, 0.1) is 11.3 Å². The Hall–Kier alpha value is -3.96. The first-order valence-electron chi connectivity index (χ1n) is 8.83. The Labute approximate surface area is 174 Å². The van der Waals surface area contributed by atoms with E-state index in [0.29, 0.717) is 11.1 Å². The third-order valence-electron chi connectivity index (χ3n) is 4.22. The molecule has 0 amide bonds. The molecule has 0 unspecified atom stereocenters. The lowest BCUT2D eigenvalue weighted by atomic mass is 10.1. The van der Waals surface area contributed by atoms with Crippen LogP contribution >= 0.6 is 0 Å². The third kappa shape index (κ3) is 4.71. The predicted molar refractivity (Wildman–Crippen MR) is 113 cm³/mol. The maximum atomic E-state index is 13.2. The molecule has 7 nitrogen and oxygen atoms in total. The van der Waals surface area contributed by atoms with Crippen molar-refractivity contribution >= 4 is 33.8 Å². The zero-order valence-corrected chi connectivity index (χ0v) is 16.5. The molecule has 3 rings (SSSR count). The third-order valence-corrected chi connectivity index (χ3v) is 5.99. The van der Waals surface area contributed by atoms with Crippen LogP contribution in [-0.2, 0) is 14.8 Å². The number of nitriles is 1. The predicted octanol–water partition coefficient (Wildman–Crippen LogP) is 3.40. The molecule has 1 heterocycles. The number of carboxylic acids is 1. The quantitative estimate of drug-likeness (QED) is 0.628. The first-order chi connectivity index (χ1) is 14.4. The summed E-state index contributed by atoms with van der Waals surface area (Å²) in [4.78, 5) is 15.3. The summed E-state index contributed by atoms with van der Waals surface area (Å²) in [6.45, 7) is -0.748. The highest BCUT2D eigenvalue weighted by Crippen LogP contribution is 2.28. The minimum Gasteiger partial charge on any atom is -0.480 e. The summed E-state index contributed by atoms with van der Waals surface area (Å²) in [6.07, 6.45) is 6.77. The van der Waals surface area contributed by atoms with Gasteiger partial charge in [-0.15, -0.1) is 0 Å². The molecule has 0 fully saturated rings. The van der Waals surface area contributed by atoms with Gasteiger partial charge < -0.3 is 5.11 Å². The van der Waals surface area contributed by atoms with Gasteiger partial charge in [-0.25, -0.2) is 8.42 Å². The molecule has 3 aromatic rings. The van der Waals surface area contributed by atoms with Gasteiger partial charge >= 0.3 is 5.97 Å². The molecule has 2 aromatic carbocycles. The molecule has 0 aliphatic rings. The van der Waals surface area contributed by atoms with E-state index in [1.54, 1.807) is 60.9 Å². The normalized spacial score (nSPS) is 11.2. The second kappa shape index (κ2) is 9.03. The lowest BCUT2D eigenvalue weighted by Gasteiger charge is -2.24. The van der Waals surface area contributed by atoms with Gasteiger partial charge in [-0.2, -0.15) is 5.26 Å². The van der Waals surface area contributed by atoms with Gasteiger partial charge in [0.2, 0.25) is 0 Å². The first-order valence-corrected chi connectivity index (χ1v) is 10.3. The van der Waals surface area contributed by atoms with Crippen molar-refractivity contribution in [1.29, 1.82) is 5.26 Å². The van der Waals surface area contributed by atoms with Crippen LogP contribution in [0.4, 0.5) is 5.69 Å². The summed E-state index contributed by atoms with van der Waals surface area (Å²) in [5, 5.41) is 18.3. The lowest BCUT2D eigenvalue weighted by molar-refractivity contribution is -0.135. The molecule has 0 saturated heterocycles. The number of hydrogen-bond donors (Lipinski definition) is 1. The van der Waals surface area contributed by atoms with Crippen LogP contribution in [-0.4, -0.2) is 31.0 Å². The largest absolute Gasteiger partial charge is 0.480 e. The van der Waals surface area contributed by atoms with Gasteiger partial charge in [0.05, 0.1) is 22.2 Å². The fraction of sp³-hybridized carbons (Fsp3) is 0.0455. The van der Waals surface area contributed by atoms with Gasteiger partial charge in [0, 0.05) is 12.4 Å². The highest BCUT2D eigenvalue weighted by molar-refractivity contribution is 7.92. The molecule has 0 spiro atoms. The van der Waals surface area contributed by atoms with E-state index in [-0.39, 0.29) is 10.6 Å². The number of rotatable bonds is 7. The average Bonchev–Trinajstić information content (AvgIpc) is 2.77. The molecular formula is C22H17N3O4S. The van der Waals surface area contributed by atoms with Gasteiger partial charge in [-0.05, 0) is 53.6 Å². The summed E-state index contributed by atoms with van der Waals surface area (Å²) in [6, 6.07) is 17.5. The van der Waals surface area contributed by atoms with E-state index in [1.165, 1.54) is 24.3 Å². The smallest absolute Gasteiger partial charge is 0.324 e. The van der Waals surface area contributed by atoms with E-state index in [0.717, 1.165) is 9.87 Å². The van der Waals surface area contributed by atoms with Crippen LogP contribution in [0.2, 0.25) is 0 Å². The molecule has 0 radical (unpaired) electrons. The molecule has 1 aromatic heterocycles. The van der Waals surface area contributed by atoms with Crippen molar-refractivity contribution in [3.05, 3.63) is 89.7 Å². The van der Waals surface area contributed by atoms with Crippen LogP contribution in [0.25, 0.3) is 12.2 Å². The second-order valence-electron chi connectivity index (χ2n) is 6.21. The van der Waals surface area contributed by atoms with E-state index in [2.05, 4.69) is 4.98 Å². The van der Waals surface area contributed by atoms with Crippen molar-refractivity contribution in [1.82, 2.24) is 4.98 Å². The average molecular weight is 419 g/mol. The fourth-order valence-corrected chi connectivity index (χ4v) is 4.21. The fourth-order valence-electron chi connectivity index (χ4n) is 2.77. The van der Waals surface area contributed by atoms with Gasteiger partial charge in [0.25, 0.3) is 10.0 Å². The monoisotopic (exact) mass is 419 g/mol. The van der Waals surface area contributed by atoms with Crippen LogP contribution in [0.5, 0.6) is 0 Å². The first kappa shape index (κ1) is 20.8. The maximum Gasteiger partial charge on any atom is 0.324 e. The number of carboxylic acid groups (broad SMARTS) is 1. The van der Waals surface area contributed by atoms with Crippen molar-refractivity contribution in [3.8, 4) is 6.07 Å². The highest BCUT2D eigenvalue weighted by Gasteiger charge is 2.28. The zero-order chi connectivity index (χ0) is 21.6. The van der Waals surface area contributed by atoms with Crippen molar-refractivity contribution in [2.75, 3.05) is 10.8 Å². The van der Waals surface area contributed by atoms with E-state index in [1.807, 2.05) is 6.07 Å². The van der Waals surface area contributed by atoms with Crippen LogP contribution in [0.3, 0.4) is 0 Å². The van der Waals surface area contributed by atoms with Gasteiger partial charge in [0.1, 0.15) is 6.54 Å². The second-order valence-corrected chi connectivity index (χ2v) is 8.08. The number of aromatic nitrogens is 1. The Morgan fingerprint density at radius 2 is 1.70 bits per heavy atom. The minimum absolute atomic E-state index is 0.101. The topological polar surface area (TPSA) is 111 Å². The number of hydrogen-bond acceptors (Lipinski definition) is 5. The van der Waals surface area contributed by atoms with Crippen molar-refractivity contribution < 1.29 is 18.3 Å². The Morgan fingerprint density at radius 1 is 1.03 bits per heavy atom. The highest BCUT2D eigenvalue weighted by atomic mass is 32.2. The molecular weight excluding hydrogens is 402 g/mol. The van der Waals surface area contributed by atoms with Crippen molar-refractivity contribution in [2.45, 2.75) is 4.90 Å². The van der Waals surface area contributed by atoms with Gasteiger partial charge in [0.15, 0.2) is 0 Å². The Kier molecular flexibility index (Phi) is 6.25. The lowest BCUT2D eigenvalue weighted by Crippen LogP contribution is -2.36. The maximum absolute atomic E-state index is 13.2. The molecule has 1 N–H and O–H groups in total. The number of sulfonamides is 1. The van der Waals surface area contributed by atoms with Crippen LogP contribution in [0.15, 0.2) is 78.0 Å². The summed E-state index contributed by atoms with van der Waals surface area (Å²) < 4.78 is 27.3. The number of nitrogens with zero attached hydrogens (tertiary/aromatic N) is 3. The summed E-state index contributed by atoms with van der Waals surface area (Å²) >= 11 is 0. The number of aliphatic carboxylic acids is 1. The number of carbonyl (C=O) groups is 1. The summed E-state index contributed by atoms with van der Waals surface area (Å²) in [5.74, 6) is -1.29. The molecule has 0 saturated carbocycles. The molecule has 0 atom stereocenters. The Morgan fingerprint density at radius 3 is 2.33 bits per heavy atom. The standard InChI is InChI=1S/C22H17N3O4S/c23-15-18-6-9-20(10-7-18)30(28,29)25(16-22(26)27)21-4-2-1-3-19(21)8-5-17-11-13-24-14-12-17/h1-14H,16H2,(H,26,27)/b8-5+. The Bertz CT molecular complexity index is 1220. The van der Waals surface area contributed by atoms with E-state index in [9.17, 15) is 18.3 Å². The van der Waals surface area contributed by atoms with Crippen molar-refractivity contribution in [2.24, 2.45) is 0 Å². The SMILES string of the molecule is N#Cc1ccc(S(=O)(=O)N(CC(=O)O)c2ccccc2/C=C/c2ccncc2)cc1. The van der Waals surface area contributed by atoms with E-state index >= 15 is 0 Å². The molecule has 8 heteroatoms. The summed E-state index contributed by atoms with van der Waals surface area (Å²) in [7, 11) is -4.18. The summed E-state index contributed by atoms with van der Waals surface area (Å²) in [5.41, 5.74) is 1.93. The number of anilines is 1. The number of benzene rings is 2.